The predicted molar refractivity (Wildman–Crippen MR) is 37.8 cm³/mol. The number of fused-ring (bicyclic) bond motifs is 1. The zero-order valence-electron chi connectivity index (χ0n) is 6.33. The third-order valence-electron chi connectivity index (χ3n) is 2.30. The molecule has 0 radical (unpaired) electrons. The van der Waals surface area contributed by atoms with E-state index in [1.165, 1.54) is 0 Å². The van der Waals surface area contributed by atoms with Gasteiger partial charge in [0.2, 0.25) is 0 Å². The number of carbonyl (C=O) groups excluding carboxylic acids is 2. The van der Waals surface area contributed by atoms with E-state index in [1.807, 2.05) is 0 Å². The van der Waals surface area contributed by atoms with Gasteiger partial charge in [0.05, 0.1) is 0 Å². The molecule has 0 aromatic carbocycles. The second-order valence-electron chi connectivity index (χ2n) is 3.30. The summed E-state index contributed by atoms with van der Waals surface area (Å²) in [4.78, 5) is 23.7. The lowest BCUT2D eigenvalue weighted by molar-refractivity contribution is -0.121. The predicted octanol–water partition coefficient (Wildman–Crippen LogP) is -0.0534. The first-order valence-electron chi connectivity index (χ1n) is 3.80. The summed E-state index contributed by atoms with van der Waals surface area (Å²) in [6.07, 6.45) is 0.817. The van der Waals surface area contributed by atoms with Gasteiger partial charge < -0.3 is 4.90 Å². The van der Waals surface area contributed by atoms with Gasteiger partial charge in [-0.2, -0.15) is 0 Å². The number of imide groups is 1. The molecular weight excluding hydrogens is 144 g/mol. The molecule has 2 heterocycles. The Labute approximate surface area is 64.5 Å². The van der Waals surface area contributed by atoms with Gasteiger partial charge in [-0.3, -0.25) is 10.1 Å². The second kappa shape index (κ2) is 1.96. The molecule has 0 spiro atoms. The Morgan fingerprint density at radius 3 is 2.91 bits per heavy atom. The Morgan fingerprint density at radius 2 is 2.27 bits per heavy atom. The molecule has 0 saturated carbocycles. The fourth-order valence-corrected chi connectivity index (χ4v) is 1.78. The minimum absolute atomic E-state index is 0.126. The first-order chi connectivity index (χ1) is 5.18. The van der Waals surface area contributed by atoms with Crippen molar-refractivity contribution >= 4 is 11.9 Å². The largest absolute Gasteiger partial charge is 0.324 e. The Morgan fingerprint density at radius 1 is 1.55 bits per heavy atom. The number of amides is 3. The van der Waals surface area contributed by atoms with E-state index < -0.39 is 0 Å². The van der Waals surface area contributed by atoms with Crippen molar-refractivity contribution in [3.63, 3.8) is 0 Å². The van der Waals surface area contributed by atoms with Crippen molar-refractivity contribution in [1.29, 1.82) is 0 Å². The number of nitrogens with zero attached hydrogens (tertiary/aromatic N) is 1. The van der Waals surface area contributed by atoms with E-state index in [0.29, 0.717) is 5.92 Å². The van der Waals surface area contributed by atoms with Gasteiger partial charge >= 0.3 is 6.03 Å². The highest BCUT2D eigenvalue weighted by atomic mass is 16.2. The fraction of sp³-hybridized carbons (Fsp3) is 0.714. The molecule has 3 amide bonds. The molecule has 1 N–H and O–H groups in total. The SMILES string of the molecule is C[C@@H]1C[C@H]2C(=O)NC(=O)N2C1. The van der Waals surface area contributed by atoms with Crippen molar-refractivity contribution in [2.24, 2.45) is 5.92 Å². The van der Waals surface area contributed by atoms with Crippen LogP contribution in [0.5, 0.6) is 0 Å². The highest BCUT2D eigenvalue weighted by molar-refractivity contribution is 6.04. The van der Waals surface area contributed by atoms with E-state index in [-0.39, 0.29) is 18.0 Å². The van der Waals surface area contributed by atoms with Gasteiger partial charge in [0.25, 0.3) is 5.91 Å². The molecule has 0 aliphatic carbocycles. The van der Waals surface area contributed by atoms with Crippen molar-refractivity contribution in [2.75, 3.05) is 6.54 Å². The van der Waals surface area contributed by atoms with E-state index >= 15 is 0 Å². The topological polar surface area (TPSA) is 49.4 Å². The second-order valence-corrected chi connectivity index (χ2v) is 3.30. The maximum atomic E-state index is 11.0. The molecule has 2 fully saturated rings. The van der Waals surface area contributed by atoms with Crippen LogP contribution in [0.4, 0.5) is 4.79 Å². The van der Waals surface area contributed by atoms with Crippen molar-refractivity contribution < 1.29 is 9.59 Å². The average Bonchev–Trinajstić information content (AvgIpc) is 2.38. The lowest BCUT2D eigenvalue weighted by Gasteiger charge is -2.09. The van der Waals surface area contributed by atoms with E-state index in [0.717, 1.165) is 13.0 Å². The van der Waals surface area contributed by atoms with Crippen molar-refractivity contribution in [2.45, 2.75) is 19.4 Å². The number of hydrogen-bond donors (Lipinski definition) is 1. The number of carbonyl (C=O) groups is 2. The monoisotopic (exact) mass is 154 g/mol. The first-order valence-corrected chi connectivity index (χ1v) is 3.80. The fourth-order valence-electron chi connectivity index (χ4n) is 1.78. The molecule has 2 saturated heterocycles. The van der Waals surface area contributed by atoms with Crippen molar-refractivity contribution in [3.8, 4) is 0 Å². The molecule has 0 aromatic rings. The molecule has 0 aromatic heterocycles. The van der Waals surface area contributed by atoms with Crippen molar-refractivity contribution in [1.82, 2.24) is 10.2 Å². The zero-order chi connectivity index (χ0) is 8.01. The van der Waals surface area contributed by atoms with Crippen LogP contribution in [-0.2, 0) is 4.79 Å². The molecule has 11 heavy (non-hydrogen) atoms. The highest BCUT2D eigenvalue weighted by Crippen LogP contribution is 2.25. The summed E-state index contributed by atoms with van der Waals surface area (Å²) in [5.74, 6) is 0.342. The van der Waals surface area contributed by atoms with Crippen LogP contribution in [-0.4, -0.2) is 29.4 Å². The van der Waals surface area contributed by atoms with Crippen LogP contribution in [0, 0.1) is 5.92 Å². The Bertz CT molecular complexity index is 204. The van der Waals surface area contributed by atoms with Gasteiger partial charge in [0.15, 0.2) is 0 Å². The maximum Gasteiger partial charge on any atom is 0.324 e. The number of nitrogens with one attached hydrogen (secondary N) is 1. The quantitative estimate of drug-likeness (QED) is 0.497. The third kappa shape index (κ3) is 0.818. The third-order valence-corrected chi connectivity index (χ3v) is 2.30. The molecule has 0 bridgehead atoms. The highest BCUT2D eigenvalue weighted by Gasteiger charge is 2.43. The van der Waals surface area contributed by atoms with Crippen LogP contribution in [0.1, 0.15) is 13.3 Å². The van der Waals surface area contributed by atoms with Crippen LogP contribution >= 0.6 is 0 Å². The normalized spacial score (nSPS) is 35.9. The molecule has 4 heteroatoms. The summed E-state index contributed by atoms with van der Waals surface area (Å²) in [7, 11) is 0. The van der Waals surface area contributed by atoms with Gasteiger partial charge in [0.1, 0.15) is 6.04 Å². The maximum absolute atomic E-state index is 11.0. The Balaban J connectivity index is 2.23. The molecule has 4 nitrogen and oxygen atoms in total. The van der Waals surface area contributed by atoms with Gasteiger partial charge in [-0.15, -0.1) is 0 Å². The Hall–Kier alpha value is -1.06. The average molecular weight is 154 g/mol. The number of hydrogen-bond acceptors (Lipinski definition) is 2. The summed E-state index contributed by atoms with van der Waals surface area (Å²) in [6.45, 7) is 2.78. The standard InChI is InChI=1S/C7H10N2O2/c1-4-2-5-6(10)8-7(11)9(5)3-4/h4-5H,2-3H2,1H3,(H,8,10,11)/t4-,5+/m1/s1. The van der Waals surface area contributed by atoms with Crippen LogP contribution in [0.15, 0.2) is 0 Å². The van der Waals surface area contributed by atoms with Crippen LogP contribution in [0.2, 0.25) is 0 Å². The summed E-state index contributed by atoms with van der Waals surface area (Å²) < 4.78 is 0. The van der Waals surface area contributed by atoms with Gasteiger partial charge in [-0.1, -0.05) is 6.92 Å². The summed E-state index contributed by atoms with van der Waals surface area (Å²) in [6, 6.07) is -0.387. The smallest absolute Gasteiger partial charge is 0.312 e. The van der Waals surface area contributed by atoms with Crippen LogP contribution < -0.4 is 5.32 Å². The van der Waals surface area contributed by atoms with E-state index in [1.54, 1.807) is 4.90 Å². The molecule has 2 aliphatic rings. The van der Waals surface area contributed by atoms with E-state index in [2.05, 4.69) is 12.2 Å². The molecule has 60 valence electrons. The lowest BCUT2D eigenvalue weighted by atomic mass is 10.1. The van der Waals surface area contributed by atoms with Gasteiger partial charge in [-0.05, 0) is 12.3 Å². The van der Waals surface area contributed by atoms with Crippen LogP contribution in [0.25, 0.3) is 0 Å². The minimum Gasteiger partial charge on any atom is -0.312 e. The van der Waals surface area contributed by atoms with E-state index in [4.69, 9.17) is 0 Å². The van der Waals surface area contributed by atoms with Crippen molar-refractivity contribution in [3.05, 3.63) is 0 Å². The van der Waals surface area contributed by atoms with Gasteiger partial charge in [0, 0.05) is 6.54 Å². The van der Waals surface area contributed by atoms with Gasteiger partial charge in [-0.25, -0.2) is 4.79 Å². The zero-order valence-corrected chi connectivity index (χ0v) is 6.33. The molecule has 2 rings (SSSR count). The molecule has 2 atom stereocenters. The number of rotatable bonds is 0. The summed E-state index contributed by atoms with van der Waals surface area (Å²) >= 11 is 0. The van der Waals surface area contributed by atoms with Crippen LogP contribution in [0.3, 0.4) is 0 Å². The summed E-state index contributed by atoms with van der Waals surface area (Å²) in [5.41, 5.74) is 0. The summed E-state index contributed by atoms with van der Waals surface area (Å²) in [5, 5.41) is 2.29. The Kier molecular flexibility index (Phi) is 1.19. The molecule has 0 unspecified atom stereocenters. The number of urea groups is 1. The minimum atomic E-state index is -0.218. The molecular formula is C7H10N2O2. The lowest BCUT2D eigenvalue weighted by Crippen LogP contribution is -2.29. The molecule has 2 aliphatic heterocycles. The first kappa shape index (κ1) is 6.64. The van der Waals surface area contributed by atoms with E-state index in [9.17, 15) is 9.59 Å².